The molecule has 0 atom stereocenters. The molecule has 182 valence electrons. The number of ether oxygens (including phenoxy) is 3. The van der Waals surface area contributed by atoms with Crippen LogP contribution in [0.1, 0.15) is 38.8 Å². The van der Waals surface area contributed by atoms with Crippen molar-refractivity contribution < 1.29 is 23.8 Å². The number of hydrogen-bond acceptors (Lipinski definition) is 5. The van der Waals surface area contributed by atoms with Gasteiger partial charge < -0.3 is 14.2 Å². The SMILES string of the molecule is CCOc1cc(C(=O)OCC(=O)c2ccc(-c3ccccc3)cc2)ccc1OCc1ccc(C)cc1. The van der Waals surface area contributed by atoms with Gasteiger partial charge in [-0.1, -0.05) is 84.4 Å². The first-order valence-electron chi connectivity index (χ1n) is 11.8. The molecular weight excluding hydrogens is 452 g/mol. The molecule has 0 fully saturated rings. The molecule has 0 bridgehead atoms. The van der Waals surface area contributed by atoms with Gasteiger partial charge in [0.1, 0.15) is 6.61 Å². The average molecular weight is 481 g/mol. The highest BCUT2D eigenvalue weighted by Gasteiger charge is 2.15. The molecule has 4 rings (SSSR count). The highest BCUT2D eigenvalue weighted by Crippen LogP contribution is 2.30. The summed E-state index contributed by atoms with van der Waals surface area (Å²) >= 11 is 0. The van der Waals surface area contributed by atoms with E-state index < -0.39 is 5.97 Å². The van der Waals surface area contributed by atoms with Crippen LogP contribution in [0.4, 0.5) is 0 Å². The van der Waals surface area contributed by atoms with Gasteiger partial charge in [0.2, 0.25) is 0 Å². The normalized spacial score (nSPS) is 10.5. The first-order valence-corrected chi connectivity index (χ1v) is 11.8. The maximum Gasteiger partial charge on any atom is 0.338 e. The lowest BCUT2D eigenvalue weighted by Gasteiger charge is -2.13. The minimum Gasteiger partial charge on any atom is -0.490 e. The molecule has 0 aliphatic carbocycles. The summed E-state index contributed by atoms with van der Waals surface area (Å²) in [5.41, 5.74) is 5.06. The Morgan fingerprint density at radius 1 is 0.694 bits per heavy atom. The number of hydrogen-bond donors (Lipinski definition) is 0. The maximum absolute atomic E-state index is 12.6. The number of carbonyl (C=O) groups is 2. The van der Waals surface area contributed by atoms with E-state index in [9.17, 15) is 9.59 Å². The van der Waals surface area contributed by atoms with Crippen LogP contribution in [0.15, 0.2) is 97.1 Å². The summed E-state index contributed by atoms with van der Waals surface area (Å²) < 4.78 is 16.9. The van der Waals surface area contributed by atoms with Gasteiger partial charge in [0.05, 0.1) is 12.2 Å². The van der Waals surface area contributed by atoms with E-state index in [0.717, 1.165) is 16.7 Å². The van der Waals surface area contributed by atoms with Gasteiger partial charge in [-0.25, -0.2) is 4.79 Å². The van der Waals surface area contributed by atoms with Crippen LogP contribution in [-0.4, -0.2) is 25.0 Å². The zero-order chi connectivity index (χ0) is 25.3. The molecule has 0 heterocycles. The third-order valence-corrected chi connectivity index (χ3v) is 5.64. The average Bonchev–Trinajstić information content (AvgIpc) is 2.92. The van der Waals surface area contributed by atoms with E-state index in [-0.39, 0.29) is 18.0 Å². The van der Waals surface area contributed by atoms with Gasteiger partial charge in [0, 0.05) is 5.56 Å². The van der Waals surface area contributed by atoms with Crippen LogP contribution >= 0.6 is 0 Å². The second-order valence-electron chi connectivity index (χ2n) is 8.31. The highest BCUT2D eigenvalue weighted by atomic mass is 16.5. The number of Topliss-reactive ketones (excluding diaryl/α,β-unsaturated/α-hetero) is 1. The molecular formula is C31H28O5. The van der Waals surface area contributed by atoms with Gasteiger partial charge in [0.25, 0.3) is 0 Å². The van der Waals surface area contributed by atoms with E-state index in [2.05, 4.69) is 0 Å². The standard InChI is InChI=1S/C31H28O5/c1-3-34-30-19-27(17-18-29(30)35-20-23-11-9-22(2)10-12-23)31(33)36-21-28(32)26-15-13-25(14-16-26)24-7-5-4-6-8-24/h4-19H,3,20-21H2,1-2H3. The minimum absolute atomic E-state index is 0.272. The van der Waals surface area contributed by atoms with Crippen molar-refractivity contribution in [3.05, 3.63) is 119 Å². The Kier molecular flexibility index (Phi) is 8.14. The Hall–Kier alpha value is -4.38. The predicted octanol–water partition coefficient (Wildman–Crippen LogP) is 6.68. The van der Waals surface area contributed by atoms with E-state index in [1.165, 1.54) is 5.56 Å². The van der Waals surface area contributed by atoms with Crippen molar-refractivity contribution in [1.29, 1.82) is 0 Å². The third kappa shape index (κ3) is 6.39. The second kappa shape index (κ2) is 11.8. The zero-order valence-electron chi connectivity index (χ0n) is 20.4. The van der Waals surface area contributed by atoms with Crippen LogP contribution in [0.2, 0.25) is 0 Å². The van der Waals surface area contributed by atoms with Crippen molar-refractivity contribution in [3.8, 4) is 22.6 Å². The van der Waals surface area contributed by atoms with Gasteiger partial charge in [-0.3, -0.25) is 4.79 Å². The summed E-state index contributed by atoms with van der Waals surface area (Å²) in [6.45, 7) is 4.33. The van der Waals surface area contributed by atoms with Crippen LogP contribution in [0.3, 0.4) is 0 Å². The largest absolute Gasteiger partial charge is 0.490 e. The molecule has 0 aliphatic heterocycles. The van der Waals surface area contributed by atoms with Crippen LogP contribution in [0, 0.1) is 6.92 Å². The smallest absolute Gasteiger partial charge is 0.338 e. The number of aryl methyl sites for hydroxylation is 1. The molecule has 0 saturated heterocycles. The van der Waals surface area contributed by atoms with Crippen molar-refractivity contribution in [2.75, 3.05) is 13.2 Å². The highest BCUT2D eigenvalue weighted by molar-refractivity contribution is 5.99. The molecule has 0 aromatic heterocycles. The molecule has 0 N–H and O–H groups in total. The Labute approximate surface area is 211 Å². The number of carbonyl (C=O) groups excluding carboxylic acids is 2. The summed E-state index contributed by atoms with van der Waals surface area (Å²) in [5.74, 6) is 0.104. The van der Waals surface area contributed by atoms with Crippen molar-refractivity contribution in [2.45, 2.75) is 20.5 Å². The Morgan fingerprint density at radius 3 is 2.06 bits per heavy atom. The fourth-order valence-electron chi connectivity index (χ4n) is 3.64. The van der Waals surface area contributed by atoms with E-state index >= 15 is 0 Å². The lowest BCUT2D eigenvalue weighted by molar-refractivity contribution is 0.0474. The lowest BCUT2D eigenvalue weighted by Crippen LogP contribution is -2.14. The molecule has 0 unspecified atom stereocenters. The minimum atomic E-state index is -0.602. The van der Waals surface area contributed by atoms with Crippen molar-refractivity contribution in [1.82, 2.24) is 0 Å². The van der Waals surface area contributed by atoms with Crippen molar-refractivity contribution >= 4 is 11.8 Å². The monoisotopic (exact) mass is 480 g/mol. The predicted molar refractivity (Wildman–Crippen MR) is 140 cm³/mol. The van der Waals surface area contributed by atoms with Gasteiger partial charge in [-0.15, -0.1) is 0 Å². The Morgan fingerprint density at radius 2 is 1.36 bits per heavy atom. The summed E-state index contributed by atoms with van der Waals surface area (Å²) in [6, 6.07) is 30.1. The molecule has 5 nitrogen and oxygen atoms in total. The summed E-state index contributed by atoms with van der Waals surface area (Å²) in [5, 5.41) is 0. The van der Waals surface area contributed by atoms with Crippen molar-refractivity contribution in [2.24, 2.45) is 0 Å². The van der Waals surface area contributed by atoms with Crippen LogP contribution in [-0.2, 0) is 11.3 Å². The van der Waals surface area contributed by atoms with Crippen LogP contribution in [0.5, 0.6) is 11.5 Å². The third-order valence-electron chi connectivity index (χ3n) is 5.64. The molecule has 0 radical (unpaired) electrons. The van der Waals surface area contributed by atoms with Gasteiger partial charge in [0.15, 0.2) is 23.9 Å². The molecule has 0 saturated carbocycles. The number of esters is 1. The molecule has 0 aliphatic rings. The Balaban J connectivity index is 1.37. The molecule has 36 heavy (non-hydrogen) atoms. The maximum atomic E-state index is 12.6. The van der Waals surface area contributed by atoms with E-state index in [0.29, 0.717) is 30.3 Å². The molecule has 4 aromatic rings. The number of benzene rings is 4. The Bertz CT molecular complexity index is 1310. The second-order valence-corrected chi connectivity index (χ2v) is 8.31. The first-order chi connectivity index (χ1) is 17.5. The molecule has 0 spiro atoms. The quantitative estimate of drug-likeness (QED) is 0.187. The number of ketones is 1. The topological polar surface area (TPSA) is 61.8 Å². The van der Waals surface area contributed by atoms with Crippen LogP contribution < -0.4 is 9.47 Å². The van der Waals surface area contributed by atoms with Crippen LogP contribution in [0.25, 0.3) is 11.1 Å². The lowest BCUT2D eigenvalue weighted by atomic mass is 10.0. The summed E-state index contributed by atoms with van der Waals surface area (Å²) in [6.07, 6.45) is 0. The summed E-state index contributed by atoms with van der Waals surface area (Å²) in [7, 11) is 0. The molecule has 5 heteroatoms. The van der Waals surface area contributed by atoms with E-state index in [1.807, 2.05) is 80.6 Å². The van der Waals surface area contributed by atoms with Gasteiger partial charge in [-0.05, 0) is 48.7 Å². The van der Waals surface area contributed by atoms with Gasteiger partial charge in [-0.2, -0.15) is 0 Å². The number of rotatable bonds is 10. The first kappa shape index (κ1) is 24.7. The molecule has 0 amide bonds. The molecule has 4 aromatic carbocycles. The van der Waals surface area contributed by atoms with E-state index in [1.54, 1.807) is 30.3 Å². The summed E-state index contributed by atoms with van der Waals surface area (Å²) in [4.78, 5) is 25.2. The fourth-order valence-corrected chi connectivity index (χ4v) is 3.64. The van der Waals surface area contributed by atoms with Crippen molar-refractivity contribution in [3.63, 3.8) is 0 Å². The zero-order valence-corrected chi connectivity index (χ0v) is 20.4. The van der Waals surface area contributed by atoms with Gasteiger partial charge >= 0.3 is 5.97 Å². The fraction of sp³-hybridized carbons (Fsp3) is 0.161. The van der Waals surface area contributed by atoms with E-state index in [4.69, 9.17) is 14.2 Å².